The summed E-state index contributed by atoms with van der Waals surface area (Å²) < 4.78 is 55.2. The van der Waals surface area contributed by atoms with Gasteiger partial charge in [-0.3, -0.25) is 0 Å². The lowest BCUT2D eigenvalue weighted by Crippen LogP contribution is -2.11. The van der Waals surface area contributed by atoms with E-state index in [1.165, 1.54) is 4.68 Å². The third-order valence-corrected chi connectivity index (χ3v) is 2.98. The molecule has 3 N–H and O–H groups in total. The van der Waals surface area contributed by atoms with E-state index in [0.29, 0.717) is 5.69 Å². The minimum absolute atomic E-state index is 0.0744. The Morgan fingerprint density at radius 1 is 1.14 bits per heavy atom. The second-order valence-electron chi connectivity index (χ2n) is 4.85. The molecule has 0 saturated carbocycles. The van der Waals surface area contributed by atoms with Crippen molar-refractivity contribution in [1.29, 1.82) is 0 Å². The van der Waals surface area contributed by atoms with Crippen LogP contribution >= 0.6 is 0 Å². The lowest BCUT2D eigenvalue weighted by atomic mass is 10.2. The van der Waals surface area contributed by atoms with Gasteiger partial charge in [-0.15, -0.1) is 0 Å². The van der Waals surface area contributed by atoms with E-state index in [4.69, 9.17) is 5.73 Å². The monoisotopic (exact) mass is 302 g/mol. The number of anilines is 3. The number of nitrogens with two attached hydrogens (primary N) is 1. The first-order valence-electron chi connectivity index (χ1n) is 6.18. The fraction of sp³-hybridized carbons (Fsp3) is 0.308. The Balaban J connectivity index is 2.58. The molecule has 0 unspecified atom stereocenters. The molecular weight excluding hydrogens is 288 g/mol. The SMILES string of the molecule is Cc1nn(C(C)C)c(Nc2c(F)c(F)cc(F)c2F)c1N. The summed E-state index contributed by atoms with van der Waals surface area (Å²) in [4.78, 5) is 0. The molecule has 114 valence electrons. The molecule has 1 heterocycles. The number of hydrogen-bond donors (Lipinski definition) is 2. The van der Waals surface area contributed by atoms with Crippen LogP contribution in [0.3, 0.4) is 0 Å². The van der Waals surface area contributed by atoms with Crippen molar-refractivity contribution < 1.29 is 17.6 Å². The lowest BCUT2D eigenvalue weighted by Gasteiger charge is -2.15. The van der Waals surface area contributed by atoms with Gasteiger partial charge in [0.25, 0.3) is 0 Å². The fourth-order valence-corrected chi connectivity index (χ4v) is 1.86. The second kappa shape index (κ2) is 5.27. The zero-order valence-corrected chi connectivity index (χ0v) is 11.6. The molecule has 1 aromatic heterocycles. The maximum Gasteiger partial charge on any atom is 0.185 e. The molecule has 2 rings (SSSR count). The van der Waals surface area contributed by atoms with Gasteiger partial charge in [-0.2, -0.15) is 5.10 Å². The van der Waals surface area contributed by atoms with Crippen molar-refractivity contribution in [1.82, 2.24) is 9.78 Å². The molecule has 0 aliphatic carbocycles. The van der Waals surface area contributed by atoms with E-state index in [2.05, 4.69) is 10.4 Å². The summed E-state index contributed by atoms with van der Waals surface area (Å²) in [5, 5.41) is 6.41. The first-order valence-corrected chi connectivity index (χ1v) is 6.18. The number of halogens is 4. The standard InChI is InChI=1S/C13H14F4N4/c1-5(2)21-13(11(18)6(3)20-21)19-12-9(16)7(14)4-8(15)10(12)17/h4-5,19H,18H2,1-3H3. The van der Waals surface area contributed by atoms with Crippen LogP contribution < -0.4 is 11.1 Å². The summed E-state index contributed by atoms with van der Waals surface area (Å²) in [6.07, 6.45) is 0. The molecule has 0 atom stereocenters. The van der Waals surface area contributed by atoms with Crippen LogP contribution in [0, 0.1) is 30.2 Å². The molecule has 0 saturated heterocycles. The highest BCUT2D eigenvalue weighted by atomic mass is 19.2. The number of nitrogens with one attached hydrogen (secondary N) is 1. The quantitative estimate of drug-likeness (QED) is 0.672. The Kier molecular flexibility index (Phi) is 3.80. The molecule has 0 spiro atoms. The Bertz CT molecular complexity index is 668. The van der Waals surface area contributed by atoms with Gasteiger partial charge < -0.3 is 11.1 Å². The third-order valence-electron chi connectivity index (χ3n) is 2.98. The van der Waals surface area contributed by atoms with Gasteiger partial charge in [-0.1, -0.05) is 0 Å². The van der Waals surface area contributed by atoms with Gasteiger partial charge in [0.2, 0.25) is 0 Å². The van der Waals surface area contributed by atoms with Gasteiger partial charge in [0.15, 0.2) is 29.1 Å². The van der Waals surface area contributed by atoms with E-state index in [1.807, 2.05) is 0 Å². The smallest absolute Gasteiger partial charge is 0.185 e. The van der Waals surface area contributed by atoms with E-state index >= 15 is 0 Å². The molecule has 0 fully saturated rings. The van der Waals surface area contributed by atoms with Crippen LogP contribution in [-0.4, -0.2) is 9.78 Å². The highest BCUT2D eigenvalue weighted by molar-refractivity contribution is 5.71. The molecule has 0 amide bonds. The number of nitrogen functional groups attached to an aromatic ring is 1. The normalized spacial score (nSPS) is 11.2. The second-order valence-corrected chi connectivity index (χ2v) is 4.85. The summed E-state index contributed by atoms with van der Waals surface area (Å²) in [7, 11) is 0. The molecule has 21 heavy (non-hydrogen) atoms. The summed E-state index contributed by atoms with van der Waals surface area (Å²) in [5.74, 6) is -5.97. The van der Waals surface area contributed by atoms with Crippen molar-refractivity contribution in [2.45, 2.75) is 26.8 Å². The van der Waals surface area contributed by atoms with Crippen LogP contribution in [0.1, 0.15) is 25.6 Å². The minimum Gasteiger partial charge on any atom is -0.394 e. The summed E-state index contributed by atoms with van der Waals surface area (Å²) in [6, 6.07) is -0.0301. The van der Waals surface area contributed by atoms with Crippen LogP contribution in [0.5, 0.6) is 0 Å². The summed E-state index contributed by atoms with van der Waals surface area (Å²) in [6.45, 7) is 5.16. The van der Waals surface area contributed by atoms with Gasteiger partial charge in [-0.05, 0) is 20.8 Å². The maximum atomic E-state index is 13.7. The van der Waals surface area contributed by atoms with Crippen molar-refractivity contribution >= 4 is 17.2 Å². The summed E-state index contributed by atoms with van der Waals surface area (Å²) >= 11 is 0. The molecule has 0 radical (unpaired) electrons. The largest absolute Gasteiger partial charge is 0.394 e. The van der Waals surface area contributed by atoms with E-state index in [9.17, 15) is 17.6 Å². The number of aromatic nitrogens is 2. The average molecular weight is 302 g/mol. The van der Waals surface area contributed by atoms with Crippen LogP contribution in [-0.2, 0) is 0 Å². The Hall–Kier alpha value is -2.25. The molecule has 0 aliphatic rings. The van der Waals surface area contributed by atoms with Crippen LogP contribution in [0.2, 0.25) is 0 Å². The number of nitrogens with zero attached hydrogens (tertiary/aromatic N) is 2. The number of hydrogen-bond acceptors (Lipinski definition) is 3. The predicted octanol–water partition coefficient (Wildman–Crippen LogP) is 3.65. The lowest BCUT2D eigenvalue weighted by molar-refractivity contribution is 0.458. The number of benzene rings is 1. The number of aryl methyl sites for hydroxylation is 1. The molecular formula is C13H14F4N4. The van der Waals surface area contributed by atoms with Gasteiger partial charge in [-0.25, -0.2) is 22.2 Å². The van der Waals surface area contributed by atoms with Gasteiger partial charge in [0.1, 0.15) is 5.69 Å². The Morgan fingerprint density at radius 3 is 2.14 bits per heavy atom. The fourth-order valence-electron chi connectivity index (χ4n) is 1.86. The topological polar surface area (TPSA) is 55.9 Å². The van der Waals surface area contributed by atoms with E-state index in [0.717, 1.165) is 0 Å². The van der Waals surface area contributed by atoms with Crippen molar-refractivity contribution in [3.63, 3.8) is 0 Å². The molecule has 2 aromatic rings. The van der Waals surface area contributed by atoms with E-state index < -0.39 is 29.0 Å². The number of rotatable bonds is 3. The first-order chi connectivity index (χ1) is 9.73. The molecule has 1 aromatic carbocycles. The van der Waals surface area contributed by atoms with Crippen LogP contribution in [0.15, 0.2) is 6.07 Å². The molecule has 0 bridgehead atoms. The van der Waals surface area contributed by atoms with Crippen molar-refractivity contribution in [2.75, 3.05) is 11.1 Å². The highest BCUT2D eigenvalue weighted by Gasteiger charge is 2.23. The molecule has 8 heteroatoms. The van der Waals surface area contributed by atoms with Crippen molar-refractivity contribution in [2.24, 2.45) is 0 Å². The Morgan fingerprint density at radius 2 is 1.67 bits per heavy atom. The van der Waals surface area contributed by atoms with Crippen molar-refractivity contribution in [3.05, 3.63) is 35.0 Å². The van der Waals surface area contributed by atoms with Crippen LogP contribution in [0.4, 0.5) is 34.8 Å². The van der Waals surface area contributed by atoms with E-state index in [-0.39, 0.29) is 23.6 Å². The molecule has 0 aliphatic heterocycles. The highest BCUT2D eigenvalue weighted by Crippen LogP contribution is 2.32. The first kappa shape index (κ1) is 15.1. The Labute approximate surface area is 118 Å². The third kappa shape index (κ3) is 2.53. The van der Waals surface area contributed by atoms with Gasteiger partial charge in [0.05, 0.1) is 11.4 Å². The van der Waals surface area contributed by atoms with Gasteiger partial charge >= 0.3 is 0 Å². The average Bonchev–Trinajstić information content (AvgIpc) is 2.69. The summed E-state index contributed by atoms with van der Waals surface area (Å²) in [5.41, 5.74) is 5.42. The zero-order chi connectivity index (χ0) is 15.9. The maximum absolute atomic E-state index is 13.7. The minimum atomic E-state index is -1.53. The van der Waals surface area contributed by atoms with Crippen LogP contribution in [0.25, 0.3) is 0 Å². The van der Waals surface area contributed by atoms with E-state index in [1.54, 1.807) is 20.8 Å². The molecule has 4 nitrogen and oxygen atoms in total. The van der Waals surface area contributed by atoms with Gasteiger partial charge in [0, 0.05) is 12.1 Å². The van der Waals surface area contributed by atoms with Crippen molar-refractivity contribution in [3.8, 4) is 0 Å². The predicted molar refractivity (Wildman–Crippen MR) is 71.3 cm³/mol. The zero-order valence-electron chi connectivity index (χ0n) is 11.6.